The summed E-state index contributed by atoms with van der Waals surface area (Å²) in [7, 11) is 1.63. The summed E-state index contributed by atoms with van der Waals surface area (Å²) >= 11 is 2.83. The summed E-state index contributed by atoms with van der Waals surface area (Å²) in [4.78, 5) is 30.4. The highest BCUT2D eigenvalue weighted by molar-refractivity contribution is 8.00. The molecule has 2 aromatic carbocycles. The Kier molecular flexibility index (Phi) is 8.01. The quantitative estimate of drug-likeness (QED) is 0.382. The average molecular weight is 482 g/mol. The fraction of sp³-hybridized carbons (Fsp3) is 0.320. The van der Waals surface area contributed by atoms with Gasteiger partial charge in [0.1, 0.15) is 5.75 Å². The van der Waals surface area contributed by atoms with Crippen molar-refractivity contribution in [2.24, 2.45) is 5.92 Å². The number of thioether (sulfide) groups is 1. The van der Waals surface area contributed by atoms with Crippen molar-refractivity contribution in [3.63, 3.8) is 0 Å². The number of carbonyl (C=O) groups is 2. The Balaban J connectivity index is 1.28. The first-order chi connectivity index (χ1) is 16.1. The Morgan fingerprint density at radius 1 is 1.09 bits per heavy atom. The molecule has 6 nitrogen and oxygen atoms in total. The van der Waals surface area contributed by atoms with E-state index in [4.69, 9.17) is 4.74 Å². The van der Waals surface area contributed by atoms with Crippen molar-refractivity contribution in [3.8, 4) is 17.0 Å². The molecule has 0 aliphatic heterocycles. The van der Waals surface area contributed by atoms with Gasteiger partial charge in [-0.1, -0.05) is 25.3 Å². The second-order valence-electron chi connectivity index (χ2n) is 7.96. The van der Waals surface area contributed by atoms with Gasteiger partial charge in [-0.3, -0.25) is 9.59 Å². The maximum absolute atomic E-state index is 12.5. The van der Waals surface area contributed by atoms with Crippen molar-refractivity contribution in [2.75, 3.05) is 23.5 Å². The molecule has 1 saturated carbocycles. The number of methoxy groups -OCH3 is 1. The van der Waals surface area contributed by atoms with Crippen LogP contribution in [-0.2, 0) is 9.59 Å². The molecule has 1 heterocycles. The molecule has 2 N–H and O–H groups in total. The van der Waals surface area contributed by atoms with Crippen LogP contribution in [0.4, 0.5) is 10.8 Å². The van der Waals surface area contributed by atoms with Gasteiger partial charge < -0.3 is 15.4 Å². The lowest BCUT2D eigenvalue weighted by Crippen LogP contribution is -2.24. The van der Waals surface area contributed by atoms with Crippen LogP contribution in [-0.4, -0.2) is 29.7 Å². The number of benzene rings is 2. The van der Waals surface area contributed by atoms with Crippen LogP contribution in [0.25, 0.3) is 11.3 Å². The number of rotatable bonds is 8. The zero-order chi connectivity index (χ0) is 23.0. The molecule has 0 spiro atoms. The highest BCUT2D eigenvalue weighted by Gasteiger charge is 2.21. The Morgan fingerprint density at radius 2 is 1.88 bits per heavy atom. The van der Waals surface area contributed by atoms with Gasteiger partial charge in [-0.2, -0.15) is 0 Å². The lowest BCUT2D eigenvalue weighted by Gasteiger charge is -2.20. The van der Waals surface area contributed by atoms with E-state index in [1.165, 1.54) is 29.5 Å². The standard InChI is InChI=1S/C25H27N3O3S2/c1-31-20-12-10-17(11-13-20)22-15-33-25(27-22)28-23(29)16-32-21-9-5-8-19(14-21)26-24(30)18-6-3-2-4-7-18/h5,8-15,18H,2-4,6-7,16H2,1H3,(H,26,30)(H,27,28,29). The highest BCUT2D eigenvalue weighted by Crippen LogP contribution is 2.28. The van der Waals surface area contributed by atoms with E-state index < -0.39 is 0 Å². The van der Waals surface area contributed by atoms with Crippen molar-refractivity contribution in [2.45, 2.75) is 37.0 Å². The molecule has 0 bridgehead atoms. The second-order valence-corrected chi connectivity index (χ2v) is 9.86. The molecular formula is C25H27N3O3S2. The summed E-state index contributed by atoms with van der Waals surface area (Å²) in [6.07, 6.45) is 5.42. The van der Waals surface area contributed by atoms with Gasteiger partial charge in [0.2, 0.25) is 11.8 Å². The summed E-state index contributed by atoms with van der Waals surface area (Å²) in [5.74, 6) is 1.15. The largest absolute Gasteiger partial charge is 0.497 e. The lowest BCUT2D eigenvalue weighted by atomic mass is 9.88. The topological polar surface area (TPSA) is 80.3 Å². The van der Waals surface area contributed by atoms with Crippen molar-refractivity contribution in [1.29, 1.82) is 0 Å². The Bertz CT molecular complexity index is 1090. The van der Waals surface area contributed by atoms with Crippen LogP contribution in [0.1, 0.15) is 32.1 Å². The van der Waals surface area contributed by atoms with Crippen LogP contribution < -0.4 is 15.4 Å². The number of amides is 2. The van der Waals surface area contributed by atoms with Gasteiger partial charge in [0.25, 0.3) is 0 Å². The van der Waals surface area contributed by atoms with E-state index in [9.17, 15) is 9.59 Å². The summed E-state index contributed by atoms with van der Waals surface area (Å²) in [6, 6.07) is 15.3. The third-order valence-electron chi connectivity index (χ3n) is 5.58. The number of ether oxygens (including phenoxy) is 1. The zero-order valence-corrected chi connectivity index (χ0v) is 20.1. The van der Waals surface area contributed by atoms with E-state index in [1.54, 1.807) is 7.11 Å². The molecule has 0 atom stereocenters. The maximum Gasteiger partial charge on any atom is 0.236 e. The van der Waals surface area contributed by atoms with E-state index in [0.717, 1.165) is 53.3 Å². The first-order valence-electron chi connectivity index (χ1n) is 11.0. The molecule has 1 fully saturated rings. The van der Waals surface area contributed by atoms with Gasteiger partial charge in [0.05, 0.1) is 18.6 Å². The van der Waals surface area contributed by atoms with Gasteiger partial charge in [-0.05, 0) is 55.3 Å². The minimum atomic E-state index is -0.118. The number of aromatic nitrogens is 1. The van der Waals surface area contributed by atoms with Gasteiger partial charge in [-0.15, -0.1) is 23.1 Å². The molecule has 2 amide bonds. The smallest absolute Gasteiger partial charge is 0.236 e. The average Bonchev–Trinajstić information content (AvgIpc) is 3.32. The molecular weight excluding hydrogens is 454 g/mol. The monoisotopic (exact) mass is 481 g/mol. The summed E-state index contributed by atoms with van der Waals surface area (Å²) < 4.78 is 5.18. The molecule has 1 aromatic heterocycles. The summed E-state index contributed by atoms with van der Waals surface area (Å²) in [5, 5.41) is 8.39. The van der Waals surface area contributed by atoms with Crippen molar-refractivity contribution < 1.29 is 14.3 Å². The first-order valence-corrected chi connectivity index (χ1v) is 12.9. The lowest BCUT2D eigenvalue weighted by molar-refractivity contribution is -0.120. The second kappa shape index (κ2) is 11.3. The number of anilines is 2. The van der Waals surface area contributed by atoms with Crippen molar-refractivity contribution in [3.05, 3.63) is 53.9 Å². The van der Waals surface area contributed by atoms with Crippen LogP contribution >= 0.6 is 23.1 Å². The molecule has 4 rings (SSSR count). The van der Waals surface area contributed by atoms with E-state index in [2.05, 4.69) is 15.6 Å². The predicted octanol–water partition coefficient (Wildman–Crippen LogP) is 6.07. The van der Waals surface area contributed by atoms with E-state index >= 15 is 0 Å². The first kappa shape index (κ1) is 23.3. The molecule has 3 aromatic rings. The fourth-order valence-electron chi connectivity index (χ4n) is 3.80. The summed E-state index contributed by atoms with van der Waals surface area (Å²) in [6.45, 7) is 0. The van der Waals surface area contributed by atoms with E-state index in [0.29, 0.717) is 5.13 Å². The minimum absolute atomic E-state index is 0.103. The molecule has 0 unspecified atom stereocenters. The third-order valence-corrected chi connectivity index (χ3v) is 7.34. The minimum Gasteiger partial charge on any atom is -0.497 e. The van der Waals surface area contributed by atoms with Gasteiger partial charge in [0, 0.05) is 27.4 Å². The third kappa shape index (κ3) is 6.58. The predicted molar refractivity (Wildman–Crippen MR) is 135 cm³/mol. The van der Waals surface area contributed by atoms with Gasteiger partial charge in [-0.25, -0.2) is 4.98 Å². The van der Waals surface area contributed by atoms with Gasteiger partial charge >= 0.3 is 0 Å². The molecule has 1 aliphatic rings. The fourth-order valence-corrected chi connectivity index (χ4v) is 5.29. The number of hydrogen-bond acceptors (Lipinski definition) is 6. The van der Waals surface area contributed by atoms with Crippen molar-refractivity contribution >= 4 is 45.7 Å². The molecule has 172 valence electrons. The van der Waals surface area contributed by atoms with Gasteiger partial charge in [0.15, 0.2) is 5.13 Å². The van der Waals surface area contributed by atoms with Crippen LogP contribution in [0.5, 0.6) is 5.75 Å². The summed E-state index contributed by atoms with van der Waals surface area (Å²) in [5.41, 5.74) is 2.56. The zero-order valence-electron chi connectivity index (χ0n) is 18.5. The molecule has 8 heteroatoms. The Morgan fingerprint density at radius 3 is 2.64 bits per heavy atom. The number of thiazole rings is 1. The normalized spacial score (nSPS) is 14.0. The van der Waals surface area contributed by atoms with Crippen LogP contribution in [0.2, 0.25) is 0 Å². The van der Waals surface area contributed by atoms with E-state index in [1.807, 2.05) is 53.9 Å². The number of hydrogen-bond donors (Lipinski definition) is 2. The van der Waals surface area contributed by atoms with E-state index in [-0.39, 0.29) is 23.5 Å². The van der Waals surface area contributed by atoms with Crippen LogP contribution in [0.3, 0.4) is 0 Å². The molecule has 0 saturated heterocycles. The van der Waals surface area contributed by atoms with Crippen LogP contribution in [0, 0.1) is 5.92 Å². The highest BCUT2D eigenvalue weighted by atomic mass is 32.2. The molecule has 0 radical (unpaired) electrons. The number of nitrogens with zero attached hydrogens (tertiary/aromatic N) is 1. The Hall–Kier alpha value is -2.84. The maximum atomic E-state index is 12.5. The molecule has 1 aliphatic carbocycles. The Labute approximate surface area is 202 Å². The SMILES string of the molecule is COc1ccc(-c2csc(NC(=O)CSc3cccc(NC(=O)C4CCCCC4)c3)n2)cc1. The molecule has 33 heavy (non-hydrogen) atoms. The van der Waals surface area contributed by atoms with Crippen LogP contribution in [0.15, 0.2) is 58.8 Å². The van der Waals surface area contributed by atoms with Crippen molar-refractivity contribution in [1.82, 2.24) is 4.98 Å². The number of nitrogens with one attached hydrogen (secondary N) is 2. The number of carbonyl (C=O) groups excluding carboxylic acids is 2.